The van der Waals surface area contributed by atoms with Gasteiger partial charge in [0.1, 0.15) is 5.82 Å². The van der Waals surface area contributed by atoms with Crippen LogP contribution < -0.4 is 5.32 Å². The molecule has 1 fully saturated rings. The van der Waals surface area contributed by atoms with E-state index in [4.69, 9.17) is 5.11 Å². The molecule has 0 saturated carbocycles. The average Bonchev–Trinajstić information content (AvgIpc) is 2.60. The van der Waals surface area contributed by atoms with Crippen molar-refractivity contribution in [2.24, 2.45) is 5.92 Å². The lowest BCUT2D eigenvalue weighted by Crippen LogP contribution is -2.49. The van der Waals surface area contributed by atoms with Crippen molar-refractivity contribution in [3.63, 3.8) is 0 Å². The van der Waals surface area contributed by atoms with Crippen molar-refractivity contribution in [3.8, 4) is 0 Å². The van der Waals surface area contributed by atoms with Crippen LogP contribution in [0.1, 0.15) is 43.0 Å². The van der Waals surface area contributed by atoms with Crippen LogP contribution in [0, 0.1) is 11.7 Å². The molecular weight excluding hydrogens is 311 g/mol. The first-order chi connectivity index (χ1) is 11.5. The van der Waals surface area contributed by atoms with Gasteiger partial charge < -0.3 is 15.3 Å². The summed E-state index contributed by atoms with van der Waals surface area (Å²) in [6.07, 6.45) is 2.87. The maximum absolute atomic E-state index is 13.0. The highest BCUT2D eigenvalue weighted by atomic mass is 19.1. The number of likely N-dealkylation sites (tertiary alicyclic amines) is 1. The molecule has 2 rings (SSSR count). The molecule has 24 heavy (non-hydrogen) atoms. The molecule has 0 aliphatic carbocycles. The number of aliphatic hydroxyl groups excluding tert-OH is 1. The molecule has 0 radical (unpaired) electrons. The molecule has 1 heterocycles. The van der Waals surface area contributed by atoms with Gasteiger partial charge in [-0.25, -0.2) is 9.18 Å². The van der Waals surface area contributed by atoms with Gasteiger partial charge in [-0.3, -0.25) is 4.79 Å². The third-order valence-electron chi connectivity index (χ3n) is 4.37. The van der Waals surface area contributed by atoms with Gasteiger partial charge in [0, 0.05) is 37.2 Å². The number of hydrogen-bond donors (Lipinski definition) is 2. The lowest BCUT2D eigenvalue weighted by Gasteiger charge is -2.33. The van der Waals surface area contributed by atoms with Gasteiger partial charge in [0.05, 0.1) is 0 Å². The maximum Gasteiger partial charge on any atom is 0.317 e. The van der Waals surface area contributed by atoms with E-state index in [9.17, 15) is 14.0 Å². The molecular formula is C18H25FN2O3. The first-order valence-electron chi connectivity index (χ1n) is 8.47. The molecule has 0 bridgehead atoms. The first-order valence-corrected chi connectivity index (χ1v) is 8.47. The number of urea groups is 1. The molecule has 6 heteroatoms. The Labute approximate surface area is 141 Å². The third kappa shape index (κ3) is 5.03. The SMILES string of the molecule is CC(CCCO)NC(=O)N1CCCC(C(=O)c2ccc(F)cc2)C1. The number of aliphatic hydroxyl groups is 1. The Morgan fingerprint density at radius 3 is 2.75 bits per heavy atom. The number of Topliss-reactive ketones (excluding diaryl/α,β-unsaturated/α-hetero) is 1. The number of ketones is 1. The second-order valence-corrected chi connectivity index (χ2v) is 6.37. The Hall–Kier alpha value is -1.95. The number of hydrogen-bond acceptors (Lipinski definition) is 3. The highest BCUT2D eigenvalue weighted by Gasteiger charge is 2.29. The van der Waals surface area contributed by atoms with Crippen molar-refractivity contribution in [2.75, 3.05) is 19.7 Å². The van der Waals surface area contributed by atoms with Gasteiger partial charge in [-0.15, -0.1) is 0 Å². The van der Waals surface area contributed by atoms with Crippen molar-refractivity contribution in [2.45, 2.75) is 38.6 Å². The second-order valence-electron chi connectivity index (χ2n) is 6.37. The molecule has 0 aromatic heterocycles. The summed E-state index contributed by atoms with van der Waals surface area (Å²) in [6, 6.07) is 5.36. The lowest BCUT2D eigenvalue weighted by atomic mass is 9.90. The van der Waals surface area contributed by atoms with Gasteiger partial charge >= 0.3 is 6.03 Å². The Bertz CT molecular complexity index is 562. The van der Waals surface area contributed by atoms with E-state index in [1.165, 1.54) is 24.3 Å². The summed E-state index contributed by atoms with van der Waals surface area (Å²) in [7, 11) is 0. The van der Waals surface area contributed by atoms with Gasteiger partial charge in [0.2, 0.25) is 0 Å². The minimum absolute atomic E-state index is 0.0159. The summed E-state index contributed by atoms with van der Waals surface area (Å²) < 4.78 is 13.0. The minimum Gasteiger partial charge on any atom is -0.396 e. The summed E-state index contributed by atoms with van der Waals surface area (Å²) in [5.74, 6) is -0.656. The van der Waals surface area contributed by atoms with Gasteiger partial charge in [0.15, 0.2) is 5.78 Å². The number of benzene rings is 1. The zero-order valence-electron chi connectivity index (χ0n) is 14.0. The Morgan fingerprint density at radius 2 is 2.08 bits per heavy atom. The van der Waals surface area contributed by atoms with E-state index in [-0.39, 0.29) is 36.2 Å². The standard InChI is InChI=1S/C18H25FN2O3/c1-13(4-3-11-22)20-18(24)21-10-2-5-15(12-21)17(23)14-6-8-16(19)9-7-14/h6-9,13,15,22H,2-5,10-12H2,1H3,(H,20,24). The van der Waals surface area contributed by atoms with Crippen LogP contribution in [0.5, 0.6) is 0 Å². The largest absolute Gasteiger partial charge is 0.396 e. The quantitative estimate of drug-likeness (QED) is 0.785. The van der Waals surface area contributed by atoms with Crippen LogP contribution in [0.2, 0.25) is 0 Å². The lowest BCUT2D eigenvalue weighted by molar-refractivity contribution is 0.0844. The number of amides is 2. The van der Waals surface area contributed by atoms with E-state index < -0.39 is 0 Å². The molecule has 2 atom stereocenters. The Kier molecular flexibility index (Phi) is 6.73. The molecule has 0 spiro atoms. The molecule has 2 amide bonds. The molecule has 5 nitrogen and oxygen atoms in total. The summed E-state index contributed by atoms with van der Waals surface area (Å²) in [5, 5.41) is 11.7. The molecule has 1 aromatic carbocycles. The van der Waals surface area contributed by atoms with Crippen molar-refractivity contribution in [1.82, 2.24) is 10.2 Å². The van der Waals surface area contributed by atoms with E-state index in [2.05, 4.69) is 5.32 Å². The van der Waals surface area contributed by atoms with Crippen molar-refractivity contribution in [1.29, 1.82) is 0 Å². The fourth-order valence-corrected chi connectivity index (χ4v) is 3.00. The minimum atomic E-state index is -0.368. The van der Waals surface area contributed by atoms with Gasteiger partial charge in [0.25, 0.3) is 0 Å². The molecule has 1 aliphatic rings. The highest BCUT2D eigenvalue weighted by Crippen LogP contribution is 2.21. The number of carbonyl (C=O) groups excluding carboxylic acids is 2. The highest BCUT2D eigenvalue weighted by molar-refractivity contribution is 5.98. The zero-order chi connectivity index (χ0) is 17.5. The van der Waals surface area contributed by atoms with E-state index in [1.807, 2.05) is 6.92 Å². The predicted molar refractivity (Wildman–Crippen MR) is 89.3 cm³/mol. The Morgan fingerprint density at radius 1 is 1.38 bits per heavy atom. The molecule has 1 aromatic rings. The zero-order valence-corrected chi connectivity index (χ0v) is 14.0. The van der Waals surface area contributed by atoms with Crippen molar-refractivity contribution in [3.05, 3.63) is 35.6 Å². The third-order valence-corrected chi connectivity index (χ3v) is 4.37. The number of nitrogens with one attached hydrogen (secondary N) is 1. The number of carbonyl (C=O) groups is 2. The normalized spacial score (nSPS) is 19.0. The molecule has 1 saturated heterocycles. The van der Waals surface area contributed by atoms with Crippen LogP contribution in [-0.2, 0) is 0 Å². The van der Waals surface area contributed by atoms with Gasteiger partial charge in [-0.1, -0.05) is 0 Å². The maximum atomic E-state index is 13.0. The summed E-state index contributed by atoms with van der Waals surface area (Å²) in [6.45, 7) is 3.03. The monoisotopic (exact) mass is 336 g/mol. The second kappa shape index (κ2) is 8.78. The van der Waals surface area contributed by atoms with E-state index in [0.29, 0.717) is 31.5 Å². The molecule has 132 valence electrons. The van der Waals surface area contributed by atoms with Crippen LogP contribution in [-0.4, -0.2) is 47.6 Å². The number of piperidine rings is 1. The van der Waals surface area contributed by atoms with Gasteiger partial charge in [-0.2, -0.15) is 0 Å². The Balaban J connectivity index is 1.92. The van der Waals surface area contributed by atoms with Crippen molar-refractivity contribution >= 4 is 11.8 Å². The average molecular weight is 336 g/mol. The number of nitrogens with zero attached hydrogens (tertiary/aromatic N) is 1. The number of rotatable bonds is 6. The fourth-order valence-electron chi connectivity index (χ4n) is 3.00. The fraction of sp³-hybridized carbons (Fsp3) is 0.556. The molecule has 2 N–H and O–H groups in total. The topological polar surface area (TPSA) is 69.6 Å². The van der Waals surface area contributed by atoms with E-state index >= 15 is 0 Å². The van der Waals surface area contributed by atoms with Crippen LogP contribution in [0.4, 0.5) is 9.18 Å². The smallest absolute Gasteiger partial charge is 0.317 e. The van der Waals surface area contributed by atoms with Crippen LogP contribution in [0.25, 0.3) is 0 Å². The van der Waals surface area contributed by atoms with E-state index in [0.717, 1.165) is 12.8 Å². The molecule has 1 aliphatic heterocycles. The van der Waals surface area contributed by atoms with Gasteiger partial charge in [-0.05, 0) is 56.9 Å². The first kappa shape index (κ1) is 18.4. The van der Waals surface area contributed by atoms with E-state index in [1.54, 1.807) is 4.90 Å². The predicted octanol–water partition coefficient (Wildman–Crippen LogP) is 2.59. The molecule has 2 unspecified atom stereocenters. The van der Waals surface area contributed by atoms with Crippen molar-refractivity contribution < 1.29 is 19.1 Å². The van der Waals surface area contributed by atoms with Crippen LogP contribution in [0.3, 0.4) is 0 Å². The summed E-state index contributed by atoms with van der Waals surface area (Å²) in [4.78, 5) is 26.5. The van der Waals surface area contributed by atoms with Crippen LogP contribution in [0.15, 0.2) is 24.3 Å². The van der Waals surface area contributed by atoms with Crippen LogP contribution >= 0.6 is 0 Å². The number of halogens is 1. The summed E-state index contributed by atoms with van der Waals surface area (Å²) in [5.41, 5.74) is 0.486. The summed E-state index contributed by atoms with van der Waals surface area (Å²) >= 11 is 0.